The van der Waals surface area contributed by atoms with Crippen molar-refractivity contribution in [3.05, 3.63) is 35.9 Å². The molecule has 3 unspecified atom stereocenters. The van der Waals surface area contributed by atoms with E-state index in [4.69, 9.17) is 17.3 Å². The second-order valence-electron chi connectivity index (χ2n) is 15.0. The molecule has 20 nitrogen and oxygen atoms in total. The summed E-state index contributed by atoms with van der Waals surface area (Å²) >= 11 is 5.83. The number of unbranched alkanes of at least 4 members (excludes halogenated alkanes) is 1. The number of hydrogen-bond donors (Lipinski definition) is 8. The highest BCUT2D eigenvalue weighted by atomic mass is 35.5. The molecule has 0 aliphatic carbocycles. The van der Waals surface area contributed by atoms with Crippen molar-refractivity contribution in [3.8, 4) is 0 Å². The Hall–Kier alpha value is -4.73. The van der Waals surface area contributed by atoms with Gasteiger partial charge in [0, 0.05) is 58.8 Å². The van der Waals surface area contributed by atoms with E-state index in [2.05, 4.69) is 21.3 Å². The van der Waals surface area contributed by atoms with Crippen LogP contribution in [0.15, 0.2) is 30.3 Å². The van der Waals surface area contributed by atoms with Gasteiger partial charge in [-0.3, -0.25) is 58.0 Å². The zero-order valence-electron chi connectivity index (χ0n) is 34.5. The van der Waals surface area contributed by atoms with E-state index in [9.17, 15) is 53.7 Å². The number of amides is 4. The lowest BCUT2D eigenvalue weighted by atomic mass is 10.00. The first-order valence-electron chi connectivity index (χ1n) is 20.0. The number of Topliss-reactive ketones (excluding diaryl/α,β-unsaturated/α-hetero) is 1. The number of ketones is 1. The van der Waals surface area contributed by atoms with Crippen LogP contribution in [-0.2, 0) is 44.8 Å². The zero-order chi connectivity index (χ0) is 44.6. The normalized spacial score (nSPS) is 16.6. The number of carbonyl (C=O) groups is 8. The maximum Gasteiger partial charge on any atom is 0.317 e. The van der Waals surface area contributed by atoms with Crippen molar-refractivity contribution in [3.63, 3.8) is 0 Å². The van der Waals surface area contributed by atoms with Gasteiger partial charge >= 0.3 is 17.9 Å². The van der Waals surface area contributed by atoms with E-state index >= 15 is 0 Å². The minimum absolute atomic E-state index is 0.0830. The Morgan fingerprint density at radius 1 is 0.650 bits per heavy atom. The number of nitrogens with one attached hydrogen (secondary N) is 4. The van der Waals surface area contributed by atoms with Crippen molar-refractivity contribution < 1.29 is 53.7 Å². The van der Waals surface area contributed by atoms with Crippen molar-refractivity contribution >= 4 is 58.9 Å². The van der Waals surface area contributed by atoms with Gasteiger partial charge in [-0.05, 0) is 37.3 Å². The highest BCUT2D eigenvalue weighted by Gasteiger charge is 2.31. The number of carboxylic acid groups (broad SMARTS) is 3. The van der Waals surface area contributed by atoms with Crippen molar-refractivity contribution in [2.45, 2.75) is 57.7 Å². The van der Waals surface area contributed by atoms with Crippen LogP contribution in [0.25, 0.3) is 0 Å². The summed E-state index contributed by atoms with van der Waals surface area (Å²) < 4.78 is 0. The Morgan fingerprint density at radius 3 is 1.55 bits per heavy atom. The summed E-state index contributed by atoms with van der Waals surface area (Å²) in [5.74, 6) is -6.89. The minimum Gasteiger partial charge on any atom is -0.480 e. The highest BCUT2D eigenvalue weighted by Crippen LogP contribution is 2.10. The number of nitrogens with zero attached hydrogens (tertiary/aromatic N) is 4. The summed E-state index contributed by atoms with van der Waals surface area (Å²) in [4.78, 5) is 107. The van der Waals surface area contributed by atoms with Crippen LogP contribution in [-0.4, -0.2) is 198 Å². The maximum atomic E-state index is 13.7. The van der Waals surface area contributed by atoms with Crippen LogP contribution in [0.1, 0.15) is 38.7 Å². The van der Waals surface area contributed by atoms with Crippen molar-refractivity contribution in [1.82, 2.24) is 40.9 Å². The smallest absolute Gasteiger partial charge is 0.317 e. The molecule has 336 valence electrons. The SMILES string of the molecule is CC(C)C(NC(=O)CNC(=O)CN1CCN(CC(=O)O)CCN(CC(=O)O)CCN(CC(=O)O)CC1)C(=O)NC(Cc1ccccc1)C(=O)NC(CCCCN)C(=O)CCl. The van der Waals surface area contributed by atoms with Crippen molar-refractivity contribution in [1.29, 1.82) is 0 Å². The minimum atomic E-state index is -1.13. The molecule has 9 N–H and O–H groups in total. The van der Waals surface area contributed by atoms with E-state index in [1.54, 1.807) is 63.8 Å². The van der Waals surface area contributed by atoms with Gasteiger partial charge in [0.05, 0.1) is 44.6 Å². The average molecular weight is 868 g/mol. The second kappa shape index (κ2) is 27.9. The summed E-state index contributed by atoms with van der Waals surface area (Å²) in [6.07, 6.45) is 1.61. The molecule has 1 aliphatic heterocycles. The summed E-state index contributed by atoms with van der Waals surface area (Å²) in [6, 6.07) is 5.81. The number of nitrogens with two attached hydrogens (primary N) is 1. The Morgan fingerprint density at radius 2 is 1.12 bits per heavy atom. The first-order chi connectivity index (χ1) is 28.5. The Kier molecular flexibility index (Phi) is 23.9. The molecule has 1 fully saturated rings. The van der Waals surface area contributed by atoms with E-state index < -0.39 is 72.1 Å². The molecule has 4 amide bonds. The summed E-state index contributed by atoms with van der Waals surface area (Å²) in [7, 11) is 0. The average Bonchev–Trinajstić information content (AvgIpc) is 3.18. The Bertz CT molecular complexity index is 1540. The molecule has 0 radical (unpaired) electrons. The molecule has 0 spiro atoms. The monoisotopic (exact) mass is 867 g/mol. The predicted molar refractivity (Wildman–Crippen MR) is 221 cm³/mol. The molecule has 21 heteroatoms. The zero-order valence-corrected chi connectivity index (χ0v) is 35.2. The lowest BCUT2D eigenvalue weighted by Gasteiger charge is -2.32. The van der Waals surface area contributed by atoms with Crippen LogP contribution < -0.4 is 27.0 Å². The van der Waals surface area contributed by atoms with Gasteiger partial charge in [-0.2, -0.15) is 0 Å². The van der Waals surface area contributed by atoms with Gasteiger partial charge < -0.3 is 42.3 Å². The van der Waals surface area contributed by atoms with Gasteiger partial charge in [0.2, 0.25) is 23.6 Å². The predicted octanol–water partition coefficient (Wildman–Crippen LogP) is -2.13. The molecular weight excluding hydrogens is 806 g/mol. The topological polar surface area (TPSA) is 284 Å². The third-order valence-electron chi connectivity index (χ3n) is 9.78. The van der Waals surface area contributed by atoms with Crippen LogP contribution in [0.5, 0.6) is 0 Å². The number of carboxylic acids is 3. The first-order valence-corrected chi connectivity index (χ1v) is 20.6. The fraction of sp³-hybridized carbons (Fsp3) is 0.641. The number of benzene rings is 1. The molecular formula is C39H62ClN9O11. The standard InChI is InChI=1S/C39H62ClN9O11/c1-27(2)37(39(60)44-30(20-28-8-4-3-5-9-28)38(59)43-29(31(50)21-40)10-6-7-11-41)45-32(51)22-42-33(52)23-46-12-14-47(24-34(53)54)16-18-49(26-36(57)58)19-17-48(15-13-46)25-35(55)56/h3-5,8-9,27,29-30,37H,6-7,10-26,41H2,1-2H3,(H,42,52)(H,43,59)(H,44,60)(H,45,51)(H,53,54)(H,55,56)(H,57,58). The van der Waals surface area contributed by atoms with Crippen LogP contribution in [0.2, 0.25) is 0 Å². The van der Waals surface area contributed by atoms with Crippen LogP contribution in [0, 0.1) is 5.92 Å². The number of rotatable bonds is 24. The molecule has 1 aromatic rings. The second-order valence-corrected chi connectivity index (χ2v) is 15.3. The van der Waals surface area contributed by atoms with E-state index in [-0.39, 0.29) is 96.6 Å². The van der Waals surface area contributed by atoms with Gasteiger partial charge in [-0.15, -0.1) is 11.6 Å². The third kappa shape index (κ3) is 21.0. The molecule has 60 heavy (non-hydrogen) atoms. The quantitative estimate of drug-likeness (QED) is 0.0407. The number of aliphatic carboxylic acids is 3. The van der Waals surface area contributed by atoms with Crippen LogP contribution in [0.4, 0.5) is 0 Å². The van der Waals surface area contributed by atoms with Crippen molar-refractivity contribution in [2.24, 2.45) is 11.7 Å². The fourth-order valence-electron chi connectivity index (χ4n) is 6.47. The lowest BCUT2D eigenvalue weighted by Crippen LogP contribution is -2.58. The maximum absolute atomic E-state index is 13.7. The molecule has 0 bridgehead atoms. The number of alkyl halides is 1. The van der Waals surface area contributed by atoms with Gasteiger partial charge in [-0.1, -0.05) is 44.2 Å². The van der Waals surface area contributed by atoms with Gasteiger partial charge in [0.1, 0.15) is 12.1 Å². The first kappa shape index (κ1) is 51.4. The lowest BCUT2D eigenvalue weighted by molar-refractivity contribution is -0.140. The molecule has 0 saturated carbocycles. The molecule has 1 saturated heterocycles. The van der Waals surface area contributed by atoms with Crippen molar-refractivity contribution in [2.75, 3.05) is 97.5 Å². The Balaban J connectivity index is 2.13. The summed E-state index contributed by atoms with van der Waals surface area (Å²) in [5, 5.41) is 39.0. The van der Waals surface area contributed by atoms with Crippen LogP contribution in [0.3, 0.4) is 0 Å². The number of halogens is 1. The Labute approximate surface area is 355 Å². The molecule has 1 aliphatic rings. The van der Waals surface area contributed by atoms with E-state index in [0.29, 0.717) is 25.8 Å². The molecule has 3 atom stereocenters. The highest BCUT2D eigenvalue weighted by molar-refractivity contribution is 6.28. The van der Waals surface area contributed by atoms with Gasteiger partial charge in [0.15, 0.2) is 5.78 Å². The van der Waals surface area contributed by atoms with E-state index in [1.807, 2.05) is 0 Å². The van der Waals surface area contributed by atoms with Crippen LogP contribution >= 0.6 is 11.6 Å². The summed E-state index contributed by atoms with van der Waals surface area (Å²) in [6.45, 7) is 3.82. The molecule has 1 aromatic carbocycles. The van der Waals surface area contributed by atoms with E-state index in [0.717, 1.165) is 5.56 Å². The largest absolute Gasteiger partial charge is 0.480 e. The fourth-order valence-corrected chi connectivity index (χ4v) is 6.66. The number of carbonyl (C=O) groups excluding carboxylic acids is 5. The molecule has 2 rings (SSSR count). The van der Waals surface area contributed by atoms with Gasteiger partial charge in [0.25, 0.3) is 0 Å². The van der Waals surface area contributed by atoms with E-state index in [1.165, 1.54) is 0 Å². The summed E-state index contributed by atoms with van der Waals surface area (Å²) in [5.41, 5.74) is 6.33. The van der Waals surface area contributed by atoms with Gasteiger partial charge in [-0.25, -0.2) is 0 Å². The molecule has 0 aromatic heterocycles. The third-order valence-corrected chi connectivity index (χ3v) is 10.0. The number of hydrogen-bond acceptors (Lipinski definition) is 13. The molecule has 1 heterocycles.